The summed E-state index contributed by atoms with van der Waals surface area (Å²) in [6, 6.07) is 4.09. The lowest BCUT2D eigenvalue weighted by atomic mass is 10.1. The SMILES string of the molecule is CCNC(=NCCNC(C)(C)C)NC1CCN(c2c(F)cccc2F)C1.I. The van der Waals surface area contributed by atoms with Gasteiger partial charge in [0.25, 0.3) is 0 Å². The number of rotatable bonds is 6. The van der Waals surface area contributed by atoms with Crippen LogP contribution in [0.2, 0.25) is 0 Å². The third-order valence-electron chi connectivity index (χ3n) is 4.16. The molecular formula is C19H32F2IN5. The summed E-state index contributed by atoms with van der Waals surface area (Å²) in [7, 11) is 0. The van der Waals surface area contributed by atoms with Crippen LogP contribution in [-0.4, -0.2) is 50.3 Å². The lowest BCUT2D eigenvalue weighted by Gasteiger charge is -2.22. The van der Waals surface area contributed by atoms with Gasteiger partial charge in [-0.2, -0.15) is 0 Å². The zero-order chi connectivity index (χ0) is 19.2. The molecule has 0 aromatic heterocycles. The zero-order valence-corrected chi connectivity index (χ0v) is 18.9. The number of benzene rings is 1. The number of nitrogens with zero attached hydrogens (tertiary/aromatic N) is 2. The Morgan fingerprint density at radius 2 is 1.93 bits per heavy atom. The third-order valence-corrected chi connectivity index (χ3v) is 4.16. The molecule has 0 saturated carbocycles. The van der Waals surface area contributed by atoms with Crippen LogP contribution in [0.5, 0.6) is 0 Å². The minimum absolute atomic E-state index is 0. The standard InChI is InChI=1S/C19H31F2N5.HI/c1-5-22-18(23-10-11-24-19(2,3)4)25-14-9-12-26(13-14)17-15(20)7-6-8-16(17)21;/h6-8,14,24H,5,9-13H2,1-4H3,(H2,22,23,25);1H. The largest absolute Gasteiger partial charge is 0.365 e. The molecule has 5 nitrogen and oxygen atoms in total. The summed E-state index contributed by atoms with van der Waals surface area (Å²) in [5.74, 6) is -0.289. The molecular weight excluding hydrogens is 463 g/mol. The van der Waals surface area contributed by atoms with Gasteiger partial charge in [-0.3, -0.25) is 4.99 Å². The van der Waals surface area contributed by atoms with Crippen LogP contribution in [0.4, 0.5) is 14.5 Å². The fourth-order valence-electron chi connectivity index (χ4n) is 2.98. The van der Waals surface area contributed by atoms with E-state index in [0.717, 1.165) is 25.5 Å². The Balaban J connectivity index is 0.00000364. The highest BCUT2D eigenvalue weighted by Crippen LogP contribution is 2.26. The van der Waals surface area contributed by atoms with Crippen molar-refractivity contribution >= 4 is 35.6 Å². The van der Waals surface area contributed by atoms with Crippen molar-refractivity contribution < 1.29 is 8.78 Å². The predicted molar refractivity (Wildman–Crippen MR) is 119 cm³/mol. The minimum Gasteiger partial charge on any atom is -0.365 e. The van der Waals surface area contributed by atoms with E-state index in [4.69, 9.17) is 0 Å². The average molecular weight is 495 g/mol. The Morgan fingerprint density at radius 3 is 2.52 bits per heavy atom. The van der Waals surface area contributed by atoms with Crippen molar-refractivity contribution in [3.63, 3.8) is 0 Å². The summed E-state index contributed by atoms with van der Waals surface area (Å²) in [5.41, 5.74) is 0.130. The molecule has 0 radical (unpaired) electrons. The number of aliphatic imine (C=N–C) groups is 1. The van der Waals surface area contributed by atoms with Crippen molar-refractivity contribution in [2.45, 2.75) is 45.7 Å². The van der Waals surface area contributed by atoms with E-state index in [1.165, 1.54) is 18.2 Å². The number of hydrogen-bond acceptors (Lipinski definition) is 3. The van der Waals surface area contributed by atoms with Crippen LogP contribution in [-0.2, 0) is 0 Å². The van der Waals surface area contributed by atoms with Crippen LogP contribution in [0.15, 0.2) is 23.2 Å². The molecule has 0 bridgehead atoms. The Morgan fingerprint density at radius 1 is 1.26 bits per heavy atom. The van der Waals surface area contributed by atoms with E-state index in [-0.39, 0.29) is 41.2 Å². The summed E-state index contributed by atoms with van der Waals surface area (Å²) in [5, 5.41) is 10.0. The molecule has 1 fully saturated rings. The van der Waals surface area contributed by atoms with E-state index in [2.05, 4.69) is 41.7 Å². The first kappa shape index (κ1) is 23.9. The van der Waals surface area contributed by atoms with Crippen LogP contribution in [0.25, 0.3) is 0 Å². The lowest BCUT2D eigenvalue weighted by Crippen LogP contribution is -2.45. The third kappa shape index (κ3) is 7.77. The molecule has 2 rings (SSSR count). The van der Waals surface area contributed by atoms with Gasteiger partial charge in [0, 0.05) is 37.8 Å². The van der Waals surface area contributed by atoms with Crippen LogP contribution < -0.4 is 20.9 Å². The number of para-hydroxylation sites is 1. The highest BCUT2D eigenvalue weighted by atomic mass is 127. The van der Waals surface area contributed by atoms with Gasteiger partial charge in [-0.25, -0.2) is 8.78 Å². The first-order valence-corrected chi connectivity index (χ1v) is 9.29. The molecule has 1 heterocycles. The maximum Gasteiger partial charge on any atom is 0.191 e. The van der Waals surface area contributed by atoms with Crippen molar-refractivity contribution in [3.05, 3.63) is 29.8 Å². The van der Waals surface area contributed by atoms with Gasteiger partial charge in [-0.05, 0) is 46.2 Å². The summed E-state index contributed by atoms with van der Waals surface area (Å²) in [4.78, 5) is 6.34. The van der Waals surface area contributed by atoms with Crippen molar-refractivity contribution in [1.82, 2.24) is 16.0 Å². The molecule has 3 N–H and O–H groups in total. The zero-order valence-electron chi connectivity index (χ0n) is 16.6. The van der Waals surface area contributed by atoms with Gasteiger partial charge in [0.15, 0.2) is 5.96 Å². The van der Waals surface area contributed by atoms with Crippen molar-refractivity contribution in [2.75, 3.05) is 37.6 Å². The minimum atomic E-state index is -0.514. The fraction of sp³-hybridized carbons (Fsp3) is 0.632. The van der Waals surface area contributed by atoms with Gasteiger partial charge in [0.2, 0.25) is 0 Å². The molecule has 27 heavy (non-hydrogen) atoms. The number of halogens is 3. The number of anilines is 1. The Hall–Kier alpha value is -1.16. The van der Waals surface area contributed by atoms with Crippen LogP contribution in [0, 0.1) is 11.6 Å². The molecule has 1 aromatic rings. The highest BCUT2D eigenvalue weighted by molar-refractivity contribution is 14.0. The van der Waals surface area contributed by atoms with E-state index in [1.54, 1.807) is 4.90 Å². The van der Waals surface area contributed by atoms with Crippen molar-refractivity contribution in [2.24, 2.45) is 4.99 Å². The first-order valence-electron chi connectivity index (χ1n) is 9.29. The summed E-state index contributed by atoms with van der Waals surface area (Å²) in [6.45, 7) is 11.7. The van der Waals surface area contributed by atoms with Crippen LogP contribution >= 0.6 is 24.0 Å². The van der Waals surface area contributed by atoms with E-state index in [1.807, 2.05) is 6.92 Å². The summed E-state index contributed by atoms with van der Waals surface area (Å²) < 4.78 is 27.9. The molecule has 1 aliphatic heterocycles. The van der Waals surface area contributed by atoms with E-state index < -0.39 is 11.6 Å². The van der Waals surface area contributed by atoms with Crippen LogP contribution in [0.1, 0.15) is 34.1 Å². The first-order chi connectivity index (χ1) is 12.3. The smallest absolute Gasteiger partial charge is 0.191 e. The van der Waals surface area contributed by atoms with E-state index in [9.17, 15) is 8.78 Å². The van der Waals surface area contributed by atoms with Gasteiger partial charge in [0.1, 0.15) is 17.3 Å². The highest BCUT2D eigenvalue weighted by Gasteiger charge is 2.27. The second kappa shape index (κ2) is 11.0. The molecule has 1 unspecified atom stereocenters. The Kier molecular flexibility index (Phi) is 9.72. The second-order valence-corrected chi connectivity index (χ2v) is 7.58. The van der Waals surface area contributed by atoms with E-state index >= 15 is 0 Å². The molecule has 1 saturated heterocycles. The molecule has 0 aliphatic carbocycles. The number of nitrogens with one attached hydrogen (secondary N) is 3. The predicted octanol–water partition coefficient (Wildman–Crippen LogP) is 3.10. The maximum atomic E-state index is 14.0. The summed E-state index contributed by atoms with van der Waals surface area (Å²) >= 11 is 0. The molecule has 1 aromatic carbocycles. The monoisotopic (exact) mass is 495 g/mol. The Bertz CT molecular complexity index is 598. The number of guanidine groups is 1. The van der Waals surface area contributed by atoms with E-state index in [0.29, 0.717) is 19.6 Å². The van der Waals surface area contributed by atoms with Crippen LogP contribution in [0.3, 0.4) is 0 Å². The summed E-state index contributed by atoms with van der Waals surface area (Å²) in [6.07, 6.45) is 0.804. The molecule has 8 heteroatoms. The number of hydrogen-bond donors (Lipinski definition) is 3. The van der Waals surface area contributed by atoms with Crippen molar-refractivity contribution in [1.29, 1.82) is 0 Å². The maximum absolute atomic E-state index is 14.0. The fourth-order valence-corrected chi connectivity index (χ4v) is 2.98. The average Bonchev–Trinajstić information content (AvgIpc) is 2.99. The van der Waals surface area contributed by atoms with Gasteiger partial charge < -0.3 is 20.9 Å². The van der Waals surface area contributed by atoms with Gasteiger partial charge in [-0.15, -0.1) is 24.0 Å². The molecule has 0 amide bonds. The Labute approximate surface area is 178 Å². The lowest BCUT2D eigenvalue weighted by molar-refractivity contribution is 0.432. The second-order valence-electron chi connectivity index (χ2n) is 7.58. The molecule has 1 aliphatic rings. The topological polar surface area (TPSA) is 51.7 Å². The van der Waals surface area contributed by atoms with Gasteiger partial charge in [0.05, 0.1) is 6.54 Å². The normalized spacial score (nSPS) is 17.6. The van der Waals surface area contributed by atoms with Gasteiger partial charge in [-0.1, -0.05) is 6.07 Å². The molecule has 154 valence electrons. The quantitative estimate of drug-likeness (QED) is 0.246. The molecule has 1 atom stereocenters. The van der Waals surface area contributed by atoms with Crippen molar-refractivity contribution in [3.8, 4) is 0 Å². The van der Waals surface area contributed by atoms with Gasteiger partial charge >= 0.3 is 0 Å². The molecule has 0 spiro atoms.